The van der Waals surface area contributed by atoms with Gasteiger partial charge >= 0.3 is 0 Å². The lowest BCUT2D eigenvalue weighted by Gasteiger charge is -2.51. The highest BCUT2D eigenvalue weighted by Crippen LogP contribution is 2.63. The van der Waals surface area contributed by atoms with Gasteiger partial charge in [0.1, 0.15) is 12.5 Å². The molecule has 0 amide bonds. The Morgan fingerprint density at radius 2 is 2.04 bits per heavy atom. The Bertz CT molecular complexity index is 628. The standard InChI is InChI=1S/C22H32O3/c1-14-11-20(25-13-23-3)22(2)10-9-18-17-8-6-16(24-4)12-15(17)5-7-19(18)21(14)22/h6,8,12,14,18-21H,5,7,9-11,13H2,1-4H3/t14-,18+,19+,20-,21-,22+/m0/s1. The van der Waals surface area contributed by atoms with Crippen molar-refractivity contribution < 1.29 is 14.2 Å². The minimum absolute atomic E-state index is 0.309. The van der Waals surface area contributed by atoms with Crippen LogP contribution in [0.5, 0.6) is 5.75 Å². The third kappa shape index (κ3) is 2.71. The normalized spacial score (nSPS) is 39.4. The number of benzene rings is 1. The van der Waals surface area contributed by atoms with Crippen LogP contribution in [0.2, 0.25) is 0 Å². The number of hydrogen-bond donors (Lipinski definition) is 0. The first-order valence-electron chi connectivity index (χ1n) is 9.86. The Kier molecular flexibility index (Phi) is 4.57. The van der Waals surface area contributed by atoms with Gasteiger partial charge in [0.25, 0.3) is 0 Å². The lowest BCUT2D eigenvalue weighted by atomic mass is 9.54. The number of ether oxygens (including phenoxy) is 3. The highest BCUT2D eigenvalue weighted by atomic mass is 16.7. The fourth-order valence-corrected chi connectivity index (χ4v) is 6.57. The molecule has 0 N–H and O–H groups in total. The van der Waals surface area contributed by atoms with Gasteiger partial charge in [0.05, 0.1) is 13.2 Å². The largest absolute Gasteiger partial charge is 0.497 e. The van der Waals surface area contributed by atoms with E-state index in [1.165, 1.54) is 37.7 Å². The molecule has 1 aromatic rings. The van der Waals surface area contributed by atoms with Crippen molar-refractivity contribution in [3.8, 4) is 5.75 Å². The van der Waals surface area contributed by atoms with Crippen molar-refractivity contribution in [2.24, 2.45) is 23.2 Å². The summed E-state index contributed by atoms with van der Waals surface area (Å²) < 4.78 is 16.8. The van der Waals surface area contributed by atoms with E-state index < -0.39 is 0 Å². The summed E-state index contributed by atoms with van der Waals surface area (Å²) in [5.41, 5.74) is 3.41. The van der Waals surface area contributed by atoms with Crippen molar-refractivity contribution in [2.75, 3.05) is 21.0 Å². The number of hydrogen-bond acceptors (Lipinski definition) is 3. The van der Waals surface area contributed by atoms with Gasteiger partial charge in [0, 0.05) is 7.11 Å². The zero-order valence-corrected chi connectivity index (χ0v) is 16.1. The lowest BCUT2D eigenvalue weighted by Crippen LogP contribution is -2.45. The van der Waals surface area contributed by atoms with E-state index >= 15 is 0 Å². The molecule has 3 heteroatoms. The van der Waals surface area contributed by atoms with Crippen LogP contribution in [-0.4, -0.2) is 27.1 Å². The second-order valence-corrected chi connectivity index (χ2v) is 8.72. The summed E-state index contributed by atoms with van der Waals surface area (Å²) in [7, 11) is 3.49. The maximum atomic E-state index is 6.14. The summed E-state index contributed by atoms with van der Waals surface area (Å²) in [5, 5.41) is 0. The van der Waals surface area contributed by atoms with Crippen molar-refractivity contribution in [1.29, 1.82) is 0 Å². The third-order valence-corrected chi connectivity index (χ3v) is 7.55. The number of fused-ring (bicyclic) bond motifs is 5. The molecule has 4 rings (SSSR count). The summed E-state index contributed by atoms with van der Waals surface area (Å²) in [6.07, 6.45) is 6.59. The number of rotatable bonds is 4. The molecule has 2 fully saturated rings. The molecule has 25 heavy (non-hydrogen) atoms. The van der Waals surface area contributed by atoms with Crippen LogP contribution in [0.3, 0.4) is 0 Å². The molecule has 1 aromatic carbocycles. The molecule has 0 aromatic heterocycles. The first-order valence-corrected chi connectivity index (χ1v) is 9.86. The van der Waals surface area contributed by atoms with Crippen LogP contribution in [0, 0.1) is 23.2 Å². The zero-order valence-electron chi connectivity index (χ0n) is 16.1. The van der Waals surface area contributed by atoms with Crippen molar-refractivity contribution >= 4 is 0 Å². The van der Waals surface area contributed by atoms with E-state index in [1.807, 2.05) is 0 Å². The molecule has 6 atom stereocenters. The molecule has 0 heterocycles. The quantitative estimate of drug-likeness (QED) is 0.735. The predicted molar refractivity (Wildman–Crippen MR) is 98.9 cm³/mol. The van der Waals surface area contributed by atoms with Gasteiger partial charge in [-0.25, -0.2) is 0 Å². The molecular formula is C22H32O3. The van der Waals surface area contributed by atoms with E-state index in [0.29, 0.717) is 18.3 Å². The first-order chi connectivity index (χ1) is 12.1. The van der Waals surface area contributed by atoms with Crippen LogP contribution in [0.25, 0.3) is 0 Å². The second-order valence-electron chi connectivity index (χ2n) is 8.72. The molecule has 0 saturated heterocycles. The molecule has 0 aliphatic heterocycles. The van der Waals surface area contributed by atoms with Crippen molar-refractivity contribution in [3.63, 3.8) is 0 Å². The molecule has 3 aliphatic carbocycles. The van der Waals surface area contributed by atoms with Crippen molar-refractivity contribution in [2.45, 2.75) is 58.0 Å². The Labute approximate surface area is 152 Å². The summed E-state index contributed by atoms with van der Waals surface area (Å²) in [4.78, 5) is 0. The van der Waals surface area contributed by atoms with E-state index in [9.17, 15) is 0 Å². The van der Waals surface area contributed by atoms with Crippen LogP contribution in [0.4, 0.5) is 0 Å². The summed E-state index contributed by atoms with van der Waals surface area (Å²) >= 11 is 0. The monoisotopic (exact) mass is 344 g/mol. The number of aryl methyl sites for hydroxylation is 1. The Morgan fingerprint density at radius 1 is 1.20 bits per heavy atom. The van der Waals surface area contributed by atoms with E-state index in [0.717, 1.165) is 29.4 Å². The average molecular weight is 344 g/mol. The molecule has 0 bridgehead atoms. The van der Waals surface area contributed by atoms with E-state index in [1.54, 1.807) is 19.8 Å². The summed E-state index contributed by atoms with van der Waals surface area (Å²) in [5.74, 6) is 4.02. The zero-order chi connectivity index (χ0) is 17.6. The molecule has 138 valence electrons. The van der Waals surface area contributed by atoms with Gasteiger partial charge in [-0.3, -0.25) is 0 Å². The fraction of sp³-hybridized carbons (Fsp3) is 0.727. The van der Waals surface area contributed by atoms with Crippen LogP contribution < -0.4 is 4.74 Å². The van der Waals surface area contributed by atoms with Gasteiger partial charge in [0.2, 0.25) is 0 Å². The molecule has 0 unspecified atom stereocenters. The molecule has 0 spiro atoms. The molecular weight excluding hydrogens is 312 g/mol. The average Bonchev–Trinajstić information content (AvgIpc) is 2.89. The van der Waals surface area contributed by atoms with Gasteiger partial charge < -0.3 is 14.2 Å². The second kappa shape index (κ2) is 6.59. The van der Waals surface area contributed by atoms with Crippen LogP contribution in [-0.2, 0) is 15.9 Å². The van der Waals surface area contributed by atoms with Gasteiger partial charge in [-0.15, -0.1) is 0 Å². The van der Waals surface area contributed by atoms with Crippen LogP contribution >= 0.6 is 0 Å². The Hall–Kier alpha value is -1.06. The van der Waals surface area contributed by atoms with Crippen LogP contribution in [0.15, 0.2) is 18.2 Å². The van der Waals surface area contributed by atoms with E-state index in [4.69, 9.17) is 14.2 Å². The molecule has 2 saturated carbocycles. The van der Waals surface area contributed by atoms with Gasteiger partial charge in [-0.05, 0) is 84.5 Å². The highest BCUT2D eigenvalue weighted by molar-refractivity contribution is 5.40. The predicted octanol–water partition coefficient (Wildman–Crippen LogP) is 4.79. The number of methoxy groups -OCH3 is 2. The fourth-order valence-electron chi connectivity index (χ4n) is 6.57. The third-order valence-electron chi connectivity index (χ3n) is 7.55. The Balaban J connectivity index is 1.62. The minimum atomic E-state index is 0.309. The van der Waals surface area contributed by atoms with Crippen molar-refractivity contribution in [3.05, 3.63) is 29.3 Å². The van der Waals surface area contributed by atoms with E-state index in [2.05, 4.69) is 32.0 Å². The molecule has 3 aliphatic rings. The van der Waals surface area contributed by atoms with E-state index in [-0.39, 0.29) is 0 Å². The van der Waals surface area contributed by atoms with Gasteiger partial charge in [-0.2, -0.15) is 0 Å². The lowest BCUT2D eigenvalue weighted by molar-refractivity contribution is -0.125. The SMILES string of the molecule is COCO[C@H]1C[C@H](C)[C@H]2[C@@H]3CCc4cc(OC)ccc4[C@H]3CC[C@@]21C. The van der Waals surface area contributed by atoms with Gasteiger partial charge in [-0.1, -0.05) is 19.9 Å². The minimum Gasteiger partial charge on any atom is -0.497 e. The molecule has 3 nitrogen and oxygen atoms in total. The summed E-state index contributed by atoms with van der Waals surface area (Å²) in [6.45, 7) is 5.36. The maximum Gasteiger partial charge on any atom is 0.146 e. The van der Waals surface area contributed by atoms with Gasteiger partial charge in [0.15, 0.2) is 0 Å². The summed E-state index contributed by atoms with van der Waals surface area (Å²) in [6, 6.07) is 6.76. The molecule has 0 radical (unpaired) electrons. The van der Waals surface area contributed by atoms with Crippen LogP contribution in [0.1, 0.15) is 56.6 Å². The first kappa shape index (κ1) is 17.4. The smallest absolute Gasteiger partial charge is 0.146 e. The Morgan fingerprint density at radius 3 is 2.80 bits per heavy atom. The topological polar surface area (TPSA) is 27.7 Å². The highest BCUT2D eigenvalue weighted by Gasteiger charge is 2.58. The maximum absolute atomic E-state index is 6.14. The van der Waals surface area contributed by atoms with Crippen molar-refractivity contribution in [1.82, 2.24) is 0 Å².